The molecule has 0 spiro atoms. The zero-order valence-electron chi connectivity index (χ0n) is 10.2. The molecule has 1 unspecified atom stereocenters. The van der Waals surface area contributed by atoms with E-state index in [4.69, 9.17) is 5.73 Å². The quantitative estimate of drug-likeness (QED) is 0.814. The van der Waals surface area contributed by atoms with Crippen molar-refractivity contribution in [3.63, 3.8) is 0 Å². The summed E-state index contributed by atoms with van der Waals surface area (Å²) >= 11 is 0. The summed E-state index contributed by atoms with van der Waals surface area (Å²) in [6.45, 7) is 5.92. The normalized spacial score (nSPS) is 14.2. The number of carbonyl (C=O) groups excluding carboxylic acids is 1. The lowest BCUT2D eigenvalue weighted by molar-refractivity contribution is -0.123. The van der Waals surface area contributed by atoms with E-state index in [0.717, 1.165) is 5.56 Å². The Morgan fingerprint density at radius 2 is 2.06 bits per heavy atom. The fraction of sp³-hybridized carbons (Fsp3) is 0.462. The van der Waals surface area contributed by atoms with Crippen LogP contribution >= 0.6 is 0 Å². The molecule has 2 atom stereocenters. The molecule has 0 aliphatic carbocycles. The molecule has 1 rings (SSSR count). The van der Waals surface area contributed by atoms with Crippen LogP contribution < -0.4 is 11.1 Å². The summed E-state index contributed by atoms with van der Waals surface area (Å²) in [5.74, 6) is -0.0850. The fourth-order valence-corrected chi connectivity index (χ4v) is 1.66. The van der Waals surface area contributed by atoms with Gasteiger partial charge in [0.25, 0.3) is 0 Å². The largest absolute Gasteiger partial charge is 0.348 e. The van der Waals surface area contributed by atoms with Gasteiger partial charge in [0.1, 0.15) is 0 Å². The molecule has 0 aromatic heterocycles. The molecule has 0 radical (unpaired) electrons. The first-order valence-corrected chi connectivity index (χ1v) is 5.67. The predicted octanol–water partition coefficient (Wildman–Crippen LogP) is 1.91. The molecule has 0 bridgehead atoms. The molecular weight excluding hydrogens is 200 g/mol. The maximum absolute atomic E-state index is 11.6. The summed E-state index contributed by atoms with van der Waals surface area (Å²) in [6.07, 6.45) is 0.659. The monoisotopic (exact) mass is 220 g/mol. The second kappa shape index (κ2) is 5.66. The molecular formula is C13H20N2O. The highest BCUT2D eigenvalue weighted by molar-refractivity contribution is 5.81. The third-order valence-corrected chi connectivity index (χ3v) is 2.79. The van der Waals surface area contributed by atoms with Gasteiger partial charge in [-0.3, -0.25) is 4.79 Å². The fourth-order valence-electron chi connectivity index (χ4n) is 1.66. The van der Waals surface area contributed by atoms with Crippen molar-refractivity contribution in [1.29, 1.82) is 0 Å². The molecule has 0 aliphatic rings. The summed E-state index contributed by atoms with van der Waals surface area (Å²) < 4.78 is 0. The van der Waals surface area contributed by atoms with Gasteiger partial charge in [-0.1, -0.05) is 31.2 Å². The lowest BCUT2D eigenvalue weighted by atomic mass is 10.0. The van der Waals surface area contributed by atoms with Crippen molar-refractivity contribution in [3.05, 3.63) is 35.4 Å². The van der Waals surface area contributed by atoms with Gasteiger partial charge in [0.15, 0.2) is 0 Å². The smallest absolute Gasteiger partial charge is 0.237 e. The summed E-state index contributed by atoms with van der Waals surface area (Å²) in [4.78, 5) is 11.6. The van der Waals surface area contributed by atoms with Crippen molar-refractivity contribution in [2.24, 2.45) is 5.73 Å². The van der Waals surface area contributed by atoms with E-state index >= 15 is 0 Å². The molecule has 16 heavy (non-hydrogen) atoms. The molecule has 3 nitrogen and oxygen atoms in total. The van der Waals surface area contributed by atoms with Crippen molar-refractivity contribution >= 4 is 5.91 Å². The Balaban J connectivity index is 2.69. The Morgan fingerprint density at radius 3 is 2.62 bits per heavy atom. The summed E-state index contributed by atoms with van der Waals surface area (Å²) in [6, 6.07) is 7.63. The Morgan fingerprint density at radius 1 is 1.44 bits per heavy atom. The van der Waals surface area contributed by atoms with E-state index in [0.29, 0.717) is 6.42 Å². The van der Waals surface area contributed by atoms with Crippen LogP contribution in [0.1, 0.15) is 37.4 Å². The lowest BCUT2D eigenvalue weighted by Gasteiger charge is -2.18. The number of amides is 1. The van der Waals surface area contributed by atoms with Crippen molar-refractivity contribution in [1.82, 2.24) is 5.32 Å². The van der Waals surface area contributed by atoms with E-state index in [9.17, 15) is 4.79 Å². The van der Waals surface area contributed by atoms with Crippen molar-refractivity contribution < 1.29 is 4.79 Å². The second-order valence-corrected chi connectivity index (χ2v) is 4.10. The lowest BCUT2D eigenvalue weighted by Crippen LogP contribution is -2.41. The molecule has 0 fully saturated rings. The molecule has 1 aromatic rings. The zero-order chi connectivity index (χ0) is 12.1. The van der Waals surface area contributed by atoms with Gasteiger partial charge in [-0.05, 0) is 31.4 Å². The van der Waals surface area contributed by atoms with Gasteiger partial charge in [0.05, 0.1) is 12.1 Å². The van der Waals surface area contributed by atoms with Crippen LogP contribution in [0.2, 0.25) is 0 Å². The second-order valence-electron chi connectivity index (χ2n) is 4.10. The Hall–Kier alpha value is -1.35. The molecule has 3 heteroatoms. The van der Waals surface area contributed by atoms with Crippen molar-refractivity contribution in [2.45, 2.75) is 39.3 Å². The maximum Gasteiger partial charge on any atom is 0.237 e. The van der Waals surface area contributed by atoms with Crippen LogP contribution in [0, 0.1) is 6.92 Å². The number of nitrogens with one attached hydrogen (secondary N) is 1. The Labute approximate surface area is 97.0 Å². The Bertz CT molecular complexity index is 363. The molecule has 3 N–H and O–H groups in total. The van der Waals surface area contributed by atoms with Gasteiger partial charge in [-0.25, -0.2) is 0 Å². The van der Waals surface area contributed by atoms with Gasteiger partial charge >= 0.3 is 0 Å². The number of hydrogen-bond donors (Lipinski definition) is 2. The standard InChI is InChI=1S/C13H20N2O/c1-4-12(14)13(16)15-10(3)11-8-6-5-7-9(11)2/h5-8,10,12H,4,14H2,1-3H3,(H,15,16)/t10-,12?/m0/s1. The van der Waals surface area contributed by atoms with Crippen molar-refractivity contribution in [3.8, 4) is 0 Å². The minimum atomic E-state index is -0.411. The van der Waals surface area contributed by atoms with E-state index in [-0.39, 0.29) is 11.9 Å². The van der Waals surface area contributed by atoms with Gasteiger partial charge in [-0.2, -0.15) is 0 Å². The molecule has 1 aromatic carbocycles. The van der Waals surface area contributed by atoms with Crippen molar-refractivity contribution in [2.75, 3.05) is 0 Å². The van der Waals surface area contributed by atoms with Crippen LogP contribution in [-0.2, 0) is 4.79 Å². The van der Waals surface area contributed by atoms with E-state index in [1.165, 1.54) is 5.56 Å². The maximum atomic E-state index is 11.6. The number of benzene rings is 1. The minimum Gasteiger partial charge on any atom is -0.348 e. The van der Waals surface area contributed by atoms with E-state index in [1.807, 2.05) is 45.0 Å². The van der Waals surface area contributed by atoms with Crippen LogP contribution in [-0.4, -0.2) is 11.9 Å². The predicted molar refractivity (Wildman–Crippen MR) is 66.0 cm³/mol. The third kappa shape index (κ3) is 3.07. The molecule has 0 heterocycles. The molecule has 1 amide bonds. The highest BCUT2D eigenvalue weighted by atomic mass is 16.2. The van der Waals surface area contributed by atoms with E-state index in [1.54, 1.807) is 0 Å². The third-order valence-electron chi connectivity index (χ3n) is 2.79. The highest BCUT2D eigenvalue weighted by Crippen LogP contribution is 2.16. The number of aryl methyl sites for hydroxylation is 1. The first kappa shape index (κ1) is 12.7. The van der Waals surface area contributed by atoms with Crippen LogP contribution in [0.3, 0.4) is 0 Å². The minimum absolute atomic E-state index is 0.00583. The zero-order valence-corrected chi connectivity index (χ0v) is 10.2. The van der Waals surface area contributed by atoms with Gasteiger partial charge in [0.2, 0.25) is 5.91 Å². The van der Waals surface area contributed by atoms with Crippen LogP contribution in [0.4, 0.5) is 0 Å². The number of hydrogen-bond acceptors (Lipinski definition) is 2. The molecule has 0 saturated carbocycles. The van der Waals surface area contributed by atoms with Gasteiger partial charge < -0.3 is 11.1 Å². The van der Waals surface area contributed by atoms with Crippen LogP contribution in [0.25, 0.3) is 0 Å². The highest BCUT2D eigenvalue weighted by Gasteiger charge is 2.15. The van der Waals surface area contributed by atoms with E-state index in [2.05, 4.69) is 5.32 Å². The summed E-state index contributed by atoms with van der Waals surface area (Å²) in [5.41, 5.74) is 7.99. The first-order valence-electron chi connectivity index (χ1n) is 5.67. The topological polar surface area (TPSA) is 55.1 Å². The Kier molecular flexibility index (Phi) is 4.50. The number of rotatable bonds is 4. The molecule has 0 aliphatic heterocycles. The SMILES string of the molecule is CCC(N)C(=O)N[C@@H](C)c1ccccc1C. The average molecular weight is 220 g/mol. The van der Waals surface area contributed by atoms with Crippen LogP contribution in [0.5, 0.6) is 0 Å². The first-order chi connectivity index (χ1) is 7.56. The van der Waals surface area contributed by atoms with Crippen LogP contribution in [0.15, 0.2) is 24.3 Å². The number of carbonyl (C=O) groups is 1. The summed E-state index contributed by atoms with van der Waals surface area (Å²) in [7, 11) is 0. The molecule has 88 valence electrons. The number of nitrogens with two attached hydrogens (primary N) is 1. The van der Waals surface area contributed by atoms with Gasteiger partial charge in [0, 0.05) is 0 Å². The van der Waals surface area contributed by atoms with E-state index < -0.39 is 6.04 Å². The van der Waals surface area contributed by atoms with Gasteiger partial charge in [-0.15, -0.1) is 0 Å². The summed E-state index contributed by atoms with van der Waals surface area (Å²) in [5, 5.41) is 2.92. The molecule has 0 saturated heterocycles. The average Bonchev–Trinajstić information content (AvgIpc) is 2.28.